The second-order valence-corrected chi connectivity index (χ2v) is 11.7. The maximum atomic E-state index is 12.0. The number of fused-ring (bicyclic) bond motifs is 1. The standard InChI is InChI=1S/C19H21NOS.C18H14O8/c1-20(2)13-12-18(19-11-6-14-22-19)21-17-10-5-8-15-7-3-4-9-16(15)17;19-15(20)13(25-17(23)11-7-3-1-4-8-11)14(16(21)22)26-18(24)12-9-5-2-6-10-12/h3-11,14,18H,12-13H2,1-2H3;1-10,13-14H,(H,19,20)(H,21,22)/t18-;/m0./s1. The van der Waals surface area contributed by atoms with Crippen LogP contribution in [0.3, 0.4) is 0 Å². The molecule has 4 aromatic carbocycles. The van der Waals surface area contributed by atoms with Gasteiger partial charge in [0.1, 0.15) is 11.9 Å². The quantitative estimate of drug-likeness (QED) is 0.132. The lowest BCUT2D eigenvalue weighted by atomic mass is 10.1. The Morgan fingerprint density at radius 1 is 0.667 bits per heavy atom. The fourth-order valence-corrected chi connectivity index (χ4v) is 5.35. The van der Waals surface area contributed by atoms with Crippen LogP contribution in [0.4, 0.5) is 0 Å². The van der Waals surface area contributed by atoms with Crippen molar-refractivity contribution < 1.29 is 43.6 Å². The zero-order valence-electron chi connectivity index (χ0n) is 26.3. The van der Waals surface area contributed by atoms with Gasteiger partial charge in [0.05, 0.1) is 11.1 Å². The van der Waals surface area contributed by atoms with Gasteiger partial charge in [-0.05, 0) is 61.3 Å². The second-order valence-electron chi connectivity index (χ2n) is 10.8. The second kappa shape index (κ2) is 17.4. The van der Waals surface area contributed by atoms with Crippen molar-refractivity contribution in [3.8, 4) is 5.75 Å². The number of esters is 2. The van der Waals surface area contributed by atoms with Crippen molar-refractivity contribution in [3.05, 3.63) is 137 Å². The summed E-state index contributed by atoms with van der Waals surface area (Å²) in [5.74, 6) is -4.67. The molecule has 48 heavy (non-hydrogen) atoms. The summed E-state index contributed by atoms with van der Waals surface area (Å²) in [5, 5.41) is 23.0. The number of thiophene rings is 1. The molecule has 1 aromatic heterocycles. The Morgan fingerprint density at radius 2 is 1.19 bits per heavy atom. The lowest BCUT2D eigenvalue weighted by Crippen LogP contribution is -2.45. The van der Waals surface area contributed by atoms with Gasteiger partial charge in [0.2, 0.25) is 12.2 Å². The third-order valence-corrected chi connectivity index (χ3v) is 7.93. The van der Waals surface area contributed by atoms with Crippen molar-refractivity contribution in [1.82, 2.24) is 4.90 Å². The highest BCUT2D eigenvalue weighted by molar-refractivity contribution is 7.10. The maximum absolute atomic E-state index is 12.0. The van der Waals surface area contributed by atoms with Crippen LogP contribution in [-0.4, -0.2) is 71.8 Å². The van der Waals surface area contributed by atoms with E-state index in [0.29, 0.717) is 0 Å². The first-order chi connectivity index (χ1) is 23.1. The summed E-state index contributed by atoms with van der Waals surface area (Å²) in [7, 11) is 4.20. The molecule has 11 heteroatoms. The van der Waals surface area contributed by atoms with Crippen LogP contribution in [0.1, 0.15) is 38.1 Å². The van der Waals surface area contributed by atoms with Crippen LogP contribution in [0.15, 0.2) is 121 Å². The summed E-state index contributed by atoms with van der Waals surface area (Å²) in [5.41, 5.74) is 0.0505. The van der Waals surface area contributed by atoms with Crippen LogP contribution in [0.25, 0.3) is 10.8 Å². The molecular formula is C37H35NO9S. The molecule has 1 heterocycles. The zero-order valence-corrected chi connectivity index (χ0v) is 27.1. The SMILES string of the molecule is CN(C)CC[C@H](Oc1cccc2ccccc12)c1cccs1.O=C(OC(C(=O)O)C(OC(=O)c1ccccc1)C(=O)O)c1ccccc1. The minimum atomic E-state index is -2.21. The topological polar surface area (TPSA) is 140 Å². The molecule has 2 unspecified atom stereocenters. The fraction of sp³-hybridized carbons (Fsp3) is 0.189. The number of carboxylic acids is 2. The number of carboxylic acid groups (broad SMARTS) is 2. The predicted octanol–water partition coefficient (Wildman–Crippen LogP) is 6.58. The zero-order chi connectivity index (χ0) is 34.5. The number of benzene rings is 4. The number of carbonyl (C=O) groups is 4. The molecule has 2 N–H and O–H groups in total. The number of hydrogen-bond acceptors (Lipinski definition) is 9. The van der Waals surface area contributed by atoms with Crippen LogP contribution in [0.2, 0.25) is 0 Å². The van der Waals surface area contributed by atoms with Gasteiger partial charge in [-0.3, -0.25) is 0 Å². The van der Waals surface area contributed by atoms with Gasteiger partial charge in [0.15, 0.2) is 0 Å². The predicted molar refractivity (Wildman–Crippen MR) is 181 cm³/mol. The third kappa shape index (κ3) is 9.99. The van der Waals surface area contributed by atoms with E-state index in [1.54, 1.807) is 23.5 Å². The van der Waals surface area contributed by atoms with E-state index in [2.05, 4.69) is 79.0 Å². The molecule has 10 nitrogen and oxygen atoms in total. The Kier molecular flexibility index (Phi) is 12.8. The Labute approximate surface area is 281 Å². The molecule has 0 aliphatic rings. The molecule has 5 rings (SSSR count). The van der Waals surface area contributed by atoms with E-state index in [-0.39, 0.29) is 17.2 Å². The van der Waals surface area contributed by atoms with E-state index in [4.69, 9.17) is 14.2 Å². The Bertz CT molecular complexity index is 1720. The maximum Gasteiger partial charge on any atom is 0.349 e. The molecule has 0 aliphatic heterocycles. The van der Waals surface area contributed by atoms with E-state index in [9.17, 15) is 29.4 Å². The molecule has 0 saturated carbocycles. The number of nitrogens with zero attached hydrogens (tertiary/aromatic N) is 1. The van der Waals surface area contributed by atoms with Crippen molar-refractivity contribution in [2.24, 2.45) is 0 Å². The molecule has 0 aliphatic carbocycles. The molecule has 5 aromatic rings. The average molecular weight is 670 g/mol. The molecule has 0 amide bonds. The van der Waals surface area contributed by atoms with Crippen LogP contribution >= 0.6 is 11.3 Å². The van der Waals surface area contributed by atoms with Gasteiger partial charge in [-0.15, -0.1) is 11.3 Å². The van der Waals surface area contributed by atoms with Gasteiger partial charge in [-0.2, -0.15) is 0 Å². The van der Waals surface area contributed by atoms with Crippen molar-refractivity contribution in [1.29, 1.82) is 0 Å². The molecule has 0 fully saturated rings. The van der Waals surface area contributed by atoms with Gasteiger partial charge >= 0.3 is 23.9 Å². The number of rotatable bonds is 13. The first-order valence-electron chi connectivity index (χ1n) is 14.9. The van der Waals surface area contributed by atoms with Crippen LogP contribution in [-0.2, 0) is 19.1 Å². The fourth-order valence-electron chi connectivity index (χ4n) is 4.56. The van der Waals surface area contributed by atoms with E-state index in [1.807, 2.05) is 0 Å². The molecule has 0 spiro atoms. The highest BCUT2D eigenvalue weighted by Gasteiger charge is 2.41. The first-order valence-corrected chi connectivity index (χ1v) is 15.8. The largest absolute Gasteiger partial charge is 0.484 e. The minimum absolute atomic E-state index is 0.0253. The van der Waals surface area contributed by atoms with Crippen molar-refractivity contribution in [2.45, 2.75) is 24.7 Å². The van der Waals surface area contributed by atoms with E-state index >= 15 is 0 Å². The molecule has 3 atom stereocenters. The molecule has 0 bridgehead atoms. The third-order valence-electron chi connectivity index (χ3n) is 6.97. The minimum Gasteiger partial charge on any atom is -0.484 e. The average Bonchev–Trinajstić information content (AvgIpc) is 3.64. The molecule has 0 saturated heterocycles. The van der Waals surface area contributed by atoms with Crippen LogP contribution in [0.5, 0.6) is 5.75 Å². The van der Waals surface area contributed by atoms with Gasteiger partial charge in [-0.1, -0.05) is 78.9 Å². The van der Waals surface area contributed by atoms with Gasteiger partial charge < -0.3 is 29.3 Å². The molecule has 248 valence electrons. The van der Waals surface area contributed by atoms with Gasteiger partial charge in [0, 0.05) is 23.2 Å². The van der Waals surface area contributed by atoms with Crippen molar-refractivity contribution >= 4 is 46.0 Å². The molecular weight excluding hydrogens is 634 g/mol. The number of carbonyl (C=O) groups excluding carboxylic acids is 2. The Hall–Kier alpha value is -5.52. The lowest BCUT2D eigenvalue weighted by Gasteiger charge is -2.21. The highest BCUT2D eigenvalue weighted by atomic mass is 32.1. The Morgan fingerprint density at radius 3 is 1.69 bits per heavy atom. The summed E-state index contributed by atoms with van der Waals surface area (Å²) in [4.78, 5) is 50.3. The van der Waals surface area contributed by atoms with Crippen LogP contribution < -0.4 is 4.74 Å². The summed E-state index contributed by atoms with van der Waals surface area (Å²) in [6.07, 6.45) is -3.34. The number of hydrogen-bond donors (Lipinski definition) is 2. The summed E-state index contributed by atoms with van der Waals surface area (Å²) in [6.45, 7) is 1.01. The van der Waals surface area contributed by atoms with Gasteiger partial charge in [0.25, 0.3) is 0 Å². The van der Waals surface area contributed by atoms with E-state index in [1.165, 1.54) is 64.2 Å². The van der Waals surface area contributed by atoms with Crippen molar-refractivity contribution in [3.63, 3.8) is 0 Å². The summed E-state index contributed by atoms with van der Waals surface area (Å²) in [6, 6.07) is 33.7. The van der Waals surface area contributed by atoms with Crippen molar-refractivity contribution in [2.75, 3.05) is 20.6 Å². The normalized spacial score (nSPS) is 12.6. The monoisotopic (exact) mass is 669 g/mol. The summed E-state index contributed by atoms with van der Waals surface area (Å²) < 4.78 is 15.9. The smallest absolute Gasteiger partial charge is 0.349 e. The Balaban J connectivity index is 0.000000219. The van der Waals surface area contributed by atoms with Crippen LogP contribution in [0, 0.1) is 0 Å². The lowest BCUT2D eigenvalue weighted by molar-refractivity contribution is -0.166. The summed E-state index contributed by atoms with van der Waals surface area (Å²) >= 11 is 1.76. The number of aliphatic carboxylic acids is 2. The molecule has 0 radical (unpaired) electrons. The number of ether oxygens (including phenoxy) is 3. The first kappa shape index (κ1) is 35.3. The van der Waals surface area contributed by atoms with E-state index in [0.717, 1.165) is 18.7 Å². The highest BCUT2D eigenvalue weighted by Crippen LogP contribution is 2.32. The van der Waals surface area contributed by atoms with E-state index < -0.39 is 36.1 Å². The van der Waals surface area contributed by atoms with Gasteiger partial charge in [-0.25, -0.2) is 19.2 Å².